The second kappa shape index (κ2) is 8.06. The molecule has 6 heteroatoms. The molecule has 0 amide bonds. The van der Waals surface area contributed by atoms with Crippen molar-refractivity contribution in [3.8, 4) is 6.07 Å². The number of halogens is 1. The lowest BCUT2D eigenvalue weighted by molar-refractivity contribution is 0.117. The van der Waals surface area contributed by atoms with Gasteiger partial charge in [0.1, 0.15) is 17.7 Å². The van der Waals surface area contributed by atoms with E-state index in [0.29, 0.717) is 12.1 Å². The SMILES string of the molecule is N#Cc1cccnc1N1CCCN(CC(O)c2ccc(F)cc2)CC1. The zero-order chi connectivity index (χ0) is 17.6. The van der Waals surface area contributed by atoms with Crippen LogP contribution in [0.15, 0.2) is 42.6 Å². The molecule has 3 rings (SSSR count). The molecule has 130 valence electrons. The predicted molar refractivity (Wildman–Crippen MR) is 93.6 cm³/mol. The smallest absolute Gasteiger partial charge is 0.146 e. The number of aliphatic hydroxyl groups is 1. The molecule has 1 aromatic heterocycles. The van der Waals surface area contributed by atoms with Crippen molar-refractivity contribution in [3.63, 3.8) is 0 Å². The van der Waals surface area contributed by atoms with E-state index in [2.05, 4.69) is 20.9 Å². The fourth-order valence-electron chi connectivity index (χ4n) is 3.14. The summed E-state index contributed by atoms with van der Waals surface area (Å²) < 4.78 is 13.0. The van der Waals surface area contributed by atoms with Crippen molar-refractivity contribution < 1.29 is 9.50 Å². The number of hydrogen-bond donors (Lipinski definition) is 1. The molecule has 1 atom stereocenters. The molecule has 0 bridgehead atoms. The van der Waals surface area contributed by atoms with Crippen LogP contribution in [0.25, 0.3) is 0 Å². The van der Waals surface area contributed by atoms with Gasteiger partial charge in [0.2, 0.25) is 0 Å². The number of β-amino-alcohol motifs (C(OH)–C–C–N with tert-alkyl or cyclic N) is 1. The Morgan fingerprint density at radius 1 is 1.16 bits per heavy atom. The maximum Gasteiger partial charge on any atom is 0.146 e. The molecule has 1 aliphatic heterocycles. The zero-order valence-corrected chi connectivity index (χ0v) is 14.0. The van der Waals surface area contributed by atoms with Crippen LogP contribution in [0.4, 0.5) is 10.2 Å². The lowest BCUT2D eigenvalue weighted by atomic mass is 10.1. The first-order chi connectivity index (χ1) is 12.2. The number of nitriles is 1. The molecule has 2 heterocycles. The number of pyridine rings is 1. The fraction of sp³-hybridized carbons (Fsp3) is 0.368. The Morgan fingerprint density at radius 2 is 1.96 bits per heavy atom. The minimum absolute atomic E-state index is 0.301. The summed E-state index contributed by atoms with van der Waals surface area (Å²) in [5.74, 6) is 0.427. The number of aromatic nitrogens is 1. The molecule has 1 aromatic carbocycles. The predicted octanol–water partition coefficient (Wildman–Crippen LogP) is 2.34. The van der Waals surface area contributed by atoms with Gasteiger partial charge in [0.15, 0.2) is 0 Å². The van der Waals surface area contributed by atoms with Crippen LogP contribution in [-0.2, 0) is 0 Å². The van der Waals surface area contributed by atoms with Crippen LogP contribution in [-0.4, -0.2) is 47.7 Å². The molecule has 2 aromatic rings. The Morgan fingerprint density at radius 3 is 2.72 bits per heavy atom. The molecular weight excluding hydrogens is 319 g/mol. The quantitative estimate of drug-likeness (QED) is 0.925. The van der Waals surface area contributed by atoms with Crippen LogP contribution in [0.1, 0.15) is 23.7 Å². The van der Waals surface area contributed by atoms with E-state index in [9.17, 15) is 14.8 Å². The van der Waals surface area contributed by atoms with Gasteiger partial charge in [-0.05, 0) is 36.2 Å². The largest absolute Gasteiger partial charge is 0.387 e. The molecule has 1 aliphatic rings. The van der Waals surface area contributed by atoms with Crippen LogP contribution >= 0.6 is 0 Å². The van der Waals surface area contributed by atoms with Crippen LogP contribution < -0.4 is 4.90 Å². The van der Waals surface area contributed by atoms with Gasteiger partial charge in [-0.2, -0.15) is 5.26 Å². The number of rotatable bonds is 4. The highest BCUT2D eigenvalue weighted by atomic mass is 19.1. The highest BCUT2D eigenvalue weighted by Crippen LogP contribution is 2.20. The van der Waals surface area contributed by atoms with Gasteiger partial charge < -0.3 is 10.0 Å². The van der Waals surface area contributed by atoms with Crippen molar-refractivity contribution in [2.75, 3.05) is 37.6 Å². The van der Waals surface area contributed by atoms with Gasteiger partial charge in [-0.15, -0.1) is 0 Å². The third kappa shape index (κ3) is 4.32. The summed E-state index contributed by atoms with van der Waals surface area (Å²) in [5, 5.41) is 19.6. The van der Waals surface area contributed by atoms with Crippen LogP contribution in [0.5, 0.6) is 0 Å². The third-order valence-electron chi connectivity index (χ3n) is 4.48. The van der Waals surface area contributed by atoms with Crippen molar-refractivity contribution in [2.24, 2.45) is 0 Å². The van der Waals surface area contributed by atoms with Crippen molar-refractivity contribution in [1.29, 1.82) is 5.26 Å². The van der Waals surface area contributed by atoms with E-state index in [-0.39, 0.29) is 5.82 Å². The molecule has 0 aliphatic carbocycles. The molecule has 1 unspecified atom stereocenters. The summed E-state index contributed by atoms with van der Waals surface area (Å²) in [7, 11) is 0. The number of aliphatic hydroxyl groups excluding tert-OH is 1. The number of benzene rings is 1. The van der Waals surface area contributed by atoms with Crippen molar-refractivity contribution in [3.05, 3.63) is 59.5 Å². The highest BCUT2D eigenvalue weighted by Gasteiger charge is 2.20. The average Bonchev–Trinajstić information content (AvgIpc) is 2.87. The van der Waals surface area contributed by atoms with Gasteiger partial charge in [-0.25, -0.2) is 9.37 Å². The maximum absolute atomic E-state index is 13.0. The molecule has 25 heavy (non-hydrogen) atoms. The van der Waals surface area contributed by atoms with Crippen LogP contribution in [0, 0.1) is 17.1 Å². The molecule has 1 fully saturated rings. The lowest BCUT2D eigenvalue weighted by Crippen LogP contribution is -2.34. The molecule has 5 nitrogen and oxygen atoms in total. The molecule has 0 spiro atoms. The first-order valence-electron chi connectivity index (χ1n) is 8.43. The van der Waals surface area contributed by atoms with Crippen molar-refractivity contribution in [1.82, 2.24) is 9.88 Å². The van der Waals surface area contributed by atoms with Crippen molar-refractivity contribution in [2.45, 2.75) is 12.5 Å². The summed E-state index contributed by atoms with van der Waals surface area (Å²) in [6.07, 6.45) is 1.99. The Bertz CT molecular complexity index is 744. The second-order valence-electron chi connectivity index (χ2n) is 6.19. The number of hydrogen-bond acceptors (Lipinski definition) is 5. The molecule has 0 saturated carbocycles. The summed E-state index contributed by atoms with van der Waals surface area (Å²) in [6, 6.07) is 11.7. The normalized spacial score (nSPS) is 16.9. The van der Waals surface area contributed by atoms with Crippen LogP contribution in [0.3, 0.4) is 0 Å². The third-order valence-corrected chi connectivity index (χ3v) is 4.48. The summed E-state index contributed by atoms with van der Waals surface area (Å²) in [4.78, 5) is 8.68. The van der Waals surface area contributed by atoms with Gasteiger partial charge in [0, 0.05) is 38.9 Å². The molecular formula is C19H21FN4O. The minimum Gasteiger partial charge on any atom is -0.387 e. The molecule has 1 saturated heterocycles. The van der Waals surface area contributed by atoms with Gasteiger partial charge in [0.05, 0.1) is 11.7 Å². The van der Waals surface area contributed by atoms with E-state index >= 15 is 0 Å². The standard InChI is InChI=1S/C19H21FN4O/c20-17-6-4-15(5-7-17)18(25)14-23-9-2-10-24(12-11-23)19-16(13-21)3-1-8-22-19/h1,3-8,18,25H,2,9-12,14H2. The van der Waals surface area contributed by atoms with E-state index < -0.39 is 6.10 Å². The Kier molecular flexibility index (Phi) is 5.59. The first-order valence-corrected chi connectivity index (χ1v) is 8.43. The average molecular weight is 340 g/mol. The van der Waals surface area contributed by atoms with Crippen molar-refractivity contribution >= 4 is 5.82 Å². The Balaban J connectivity index is 1.62. The lowest BCUT2D eigenvalue weighted by Gasteiger charge is -2.25. The zero-order valence-electron chi connectivity index (χ0n) is 14.0. The Hall–Kier alpha value is -2.49. The van der Waals surface area contributed by atoms with Gasteiger partial charge in [0.25, 0.3) is 0 Å². The summed E-state index contributed by atoms with van der Waals surface area (Å²) >= 11 is 0. The van der Waals surface area contributed by atoms with E-state index in [0.717, 1.165) is 44.0 Å². The molecule has 1 N–H and O–H groups in total. The summed E-state index contributed by atoms with van der Waals surface area (Å²) in [6.45, 7) is 3.73. The first kappa shape index (κ1) is 17.3. The highest BCUT2D eigenvalue weighted by molar-refractivity contribution is 5.53. The summed E-state index contributed by atoms with van der Waals surface area (Å²) in [5.41, 5.74) is 1.31. The molecule has 0 radical (unpaired) electrons. The van der Waals surface area contributed by atoms with Gasteiger partial charge in [-0.3, -0.25) is 4.90 Å². The van der Waals surface area contributed by atoms with E-state index in [4.69, 9.17) is 0 Å². The fourth-order valence-corrected chi connectivity index (χ4v) is 3.14. The maximum atomic E-state index is 13.0. The van der Waals surface area contributed by atoms with E-state index in [1.54, 1.807) is 30.5 Å². The van der Waals surface area contributed by atoms with Crippen LogP contribution in [0.2, 0.25) is 0 Å². The topological polar surface area (TPSA) is 63.4 Å². The number of nitrogens with zero attached hydrogens (tertiary/aromatic N) is 4. The van der Waals surface area contributed by atoms with E-state index in [1.165, 1.54) is 12.1 Å². The second-order valence-corrected chi connectivity index (χ2v) is 6.19. The minimum atomic E-state index is -0.642. The monoisotopic (exact) mass is 340 g/mol. The van der Waals surface area contributed by atoms with E-state index in [1.807, 2.05) is 0 Å². The van der Waals surface area contributed by atoms with Gasteiger partial charge in [-0.1, -0.05) is 12.1 Å². The number of anilines is 1. The Labute approximate surface area is 146 Å². The van der Waals surface area contributed by atoms with Gasteiger partial charge >= 0.3 is 0 Å².